The van der Waals surface area contributed by atoms with Crippen molar-refractivity contribution < 1.29 is 9.90 Å². The summed E-state index contributed by atoms with van der Waals surface area (Å²) in [5.74, 6) is -0.734. The molecule has 146 valence electrons. The molecule has 0 radical (unpaired) electrons. The minimum atomic E-state index is -0.734. The Labute approximate surface area is 156 Å². The number of unbranched alkanes of at least 4 members (excludes halogenated alkanes) is 9. The second kappa shape index (κ2) is 19.2. The van der Waals surface area contributed by atoms with E-state index in [4.69, 9.17) is 5.11 Å². The third-order valence-electron chi connectivity index (χ3n) is 4.47. The minimum Gasteiger partial charge on any atom is -0.480 e. The van der Waals surface area contributed by atoms with Crippen molar-refractivity contribution in [1.82, 2.24) is 5.32 Å². The second-order valence-electron chi connectivity index (χ2n) is 6.84. The first-order chi connectivity index (χ1) is 12.2. The van der Waals surface area contributed by atoms with E-state index >= 15 is 0 Å². The Kier molecular flexibility index (Phi) is 18.4. The van der Waals surface area contributed by atoms with Gasteiger partial charge in [-0.1, -0.05) is 76.7 Å². The van der Waals surface area contributed by atoms with Gasteiger partial charge in [-0.2, -0.15) is 0 Å². The molecule has 3 heteroatoms. The zero-order chi connectivity index (χ0) is 18.6. The zero-order valence-electron chi connectivity index (χ0n) is 16.6. The number of nitrogens with one attached hydrogen (secondary N) is 1. The number of hydrogen-bond acceptors (Lipinski definition) is 2. The highest BCUT2D eigenvalue weighted by Gasteiger charge is 2.12. The maximum Gasteiger partial charge on any atom is 0.320 e. The van der Waals surface area contributed by atoms with Crippen LogP contribution in [0.3, 0.4) is 0 Å². The van der Waals surface area contributed by atoms with Crippen LogP contribution in [-0.2, 0) is 4.79 Å². The summed E-state index contributed by atoms with van der Waals surface area (Å²) in [4.78, 5) is 10.9. The minimum absolute atomic E-state index is 0.377. The van der Waals surface area contributed by atoms with Crippen molar-refractivity contribution in [3.8, 4) is 0 Å². The van der Waals surface area contributed by atoms with E-state index in [1.807, 2.05) is 6.92 Å². The van der Waals surface area contributed by atoms with E-state index in [1.165, 1.54) is 64.2 Å². The Morgan fingerprint density at radius 3 is 1.96 bits per heavy atom. The van der Waals surface area contributed by atoms with Crippen LogP contribution >= 0.6 is 0 Å². The largest absolute Gasteiger partial charge is 0.480 e. The summed E-state index contributed by atoms with van der Waals surface area (Å²) in [5.41, 5.74) is 0. The highest BCUT2D eigenvalue weighted by atomic mass is 16.4. The van der Waals surface area contributed by atoms with Crippen LogP contribution in [0.25, 0.3) is 0 Å². The lowest BCUT2D eigenvalue weighted by Crippen LogP contribution is -2.36. The van der Waals surface area contributed by atoms with Crippen molar-refractivity contribution in [1.29, 1.82) is 0 Å². The Morgan fingerprint density at radius 2 is 1.40 bits per heavy atom. The molecule has 0 aliphatic rings. The van der Waals surface area contributed by atoms with Gasteiger partial charge in [0.2, 0.25) is 0 Å². The van der Waals surface area contributed by atoms with Crippen LogP contribution < -0.4 is 5.32 Å². The van der Waals surface area contributed by atoms with Gasteiger partial charge in [-0.05, 0) is 51.5 Å². The number of carbonyl (C=O) groups is 1. The average Bonchev–Trinajstić information content (AvgIpc) is 2.60. The fourth-order valence-electron chi connectivity index (χ4n) is 2.80. The van der Waals surface area contributed by atoms with Crippen molar-refractivity contribution in [3.63, 3.8) is 0 Å². The average molecular weight is 352 g/mol. The molecule has 2 N–H and O–H groups in total. The number of rotatable bonds is 18. The van der Waals surface area contributed by atoms with Crippen LogP contribution in [0, 0.1) is 0 Å². The normalized spacial score (nSPS) is 13.0. The molecular weight excluding hydrogens is 310 g/mol. The van der Waals surface area contributed by atoms with Gasteiger partial charge in [-0.25, -0.2) is 0 Å². The topological polar surface area (TPSA) is 49.3 Å². The van der Waals surface area contributed by atoms with Crippen molar-refractivity contribution >= 4 is 5.97 Å². The Morgan fingerprint density at radius 1 is 0.840 bits per heavy atom. The first-order valence-corrected chi connectivity index (χ1v) is 10.5. The molecule has 0 saturated heterocycles. The highest BCUT2D eigenvalue weighted by molar-refractivity contribution is 5.73. The molecule has 0 saturated carbocycles. The predicted molar refractivity (Wildman–Crippen MR) is 109 cm³/mol. The first kappa shape index (κ1) is 23.9. The molecule has 0 fully saturated rings. The Bertz CT molecular complexity index is 350. The summed E-state index contributed by atoms with van der Waals surface area (Å²) in [6.45, 7) is 4.97. The summed E-state index contributed by atoms with van der Waals surface area (Å²) in [6, 6.07) is -0.377. The van der Waals surface area contributed by atoms with Gasteiger partial charge in [0.05, 0.1) is 0 Å². The highest BCUT2D eigenvalue weighted by Crippen LogP contribution is 2.08. The van der Waals surface area contributed by atoms with Gasteiger partial charge in [-0.15, -0.1) is 0 Å². The molecule has 0 spiro atoms. The van der Waals surface area contributed by atoms with Gasteiger partial charge in [0.15, 0.2) is 0 Å². The molecule has 0 amide bonds. The van der Waals surface area contributed by atoms with Gasteiger partial charge in [0, 0.05) is 0 Å². The maximum absolute atomic E-state index is 10.9. The van der Waals surface area contributed by atoms with Crippen molar-refractivity contribution in [2.45, 2.75) is 103 Å². The molecule has 0 aliphatic heterocycles. The lowest BCUT2D eigenvalue weighted by atomic mass is 10.1. The molecule has 0 aromatic rings. The van der Waals surface area contributed by atoms with Crippen molar-refractivity contribution in [3.05, 3.63) is 24.3 Å². The van der Waals surface area contributed by atoms with Gasteiger partial charge in [0.25, 0.3) is 0 Å². The van der Waals surface area contributed by atoms with E-state index in [9.17, 15) is 4.79 Å². The maximum atomic E-state index is 10.9. The number of aliphatic carboxylic acids is 1. The number of allylic oxidation sites excluding steroid dienone is 4. The first-order valence-electron chi connectivity index (χ1n) is 10.5. The van der Waals surface area contributed by atoms with Crippen LogP contribution in [0.1, 0.15) is 97.3 Å². The molecule has 3 nitrogen and oxygen atoms in total. The summed E-state index contributed by atoms with van der Waals surface area (Å²) >= 11 is 0. The second-order valence-corrected chi connectivity index (χ2v) is 6.84. The van der Waals surface area contributed by atoms with E-state index in [0.29, 0.717) is 6.42 Å². The van der Waals surface area contributed by atoms with Crippen molar-refractivity contribution in [2.75, 3.05) is 6.54 Å². The number of carboxylic acid groups (broad SMARTS) is 1. The molecule has 1 unspecified atom stereocenters. The summed E-state index contributed by atoms with van der Waals surface area (Å²) in [7, 11) is 0. The molecule has 0 aliphatic carbocycles. The molecule has 0 aromatic heterocycles. The van der Waals surface area contributed by atoms with Gasteiger partial charge in [0.1, 0.15) is 6.04 Å². The standard InChI is InChI=1S/C22H41NO2/c1-3-5-6-7-8-9-10-11-12-13-14-15-16-17-18-19-20-23-21(4-2)22(24)25/h8-9,11-12,21,23H,3-7,10,13-20H2,1-2H3,(H,24,25)/b9-8-,12-11-. The van der Waals surface area contributed by atoms with Gasteiger partial charge >= 0.3 is 5.97 Å². The van der Waals surface area contributed by atoms with E-state index in [1.54, 1.807) is 0 Å². The van der Waals surface area contributed by atoms with Crippen LogP contribution in [0.15, 0.2) is 24.3 Å². The van der Waals surface area contributed by atoms with E-state index in [-0.39, 0.29) is 6.04 Å². The quantitative estimate of drug-likeness (QED) is 0.226. The number of carboxylic acids is 1. The molecule has 1 atom stereocenters. The summed E-state index contributed by atoms with van der Waals surface area (Å²) in [6.07, 6.45) is 24.7. The smallest absolute Gasteiger partial charge is 0.320 e. The van der Waals surface area contributed by atoms with Gasteiger partial charge < -0.3 is 10.4 Å². The summed E-state index contributed by atoms with van der Waals surface area (Å²) in [5, 5.41) is 12.0. The zero-order valence-corrected chi connectivity index (χ0v) is 16.6. The fraction of sp³-hybridized carbons (Fsp3) is 0.773. The van der Waals surface area contributed by atoms with Gasteiger partial charge in [-0.3, -0.25) is 4.79 Å². The molecule has 0 aromatic carbocycles. The molecule has 0 rings (SSSR count). The molecular formula is C22H41NO2. The fourth-order valence-corrected chi connectivity index (χ4v) is 2.80. The Hall–Kier alpha value is -1.09. The van der Waals surface area contributed by atoms with Crippen molar-refractivity contribution in [2.24, 2.45) is 0 Å². The molecule has 25 heavy (non-hydrogen) atoms. The Balaban J connectivity index is 3.28. The van der Waals surface area contributed by atoms with E-state index < -0.39 is 5.97 Å². The van der Waals surface area contributed by atoms with Crippen LogP contribution in [-0.4, -0.2) is 23.7 Å². The third-order valence-corrected chi connectivity index (χ3v) is 4.47. The number of hydrogen-bond donors (Lipinski definition) is 2. The molecule has 0 bridgehead atoms. The predicted octanol–water partition coefficient (Wildman–Crippen LogP) is 6.25. The van der Waals surface area contributed by atoms with Crippen LogP contribution in [0.4, 0.5) is 0 Å². The third kappa shape index (κ3) is 17.5. The lowest BCUT2D eigenvalue weighted by molar-refractivity contribution is -0.139. The summed E-state index contributed by atoms with van der Waals surface area (Å²) < 4.78 is 0. The van der Waals surface area contributed by atoms with Crippen LogP contribution in [0.2, 0.25) is 0 Å². The lowest BCUT2D eigenvalue weighted by Gasteiger charge is -2.11. The van der Waals surface area contributed by atoms with E-state index in [0.717, 1.165) is 19.4 Å². The van der Waals surface area contributed by atoms with E-state index in [2.05, 4.69) is 36.5 Å². The molecule has 0 heterocycles. The monoisotopic (exact) mass is 351 g/mol. The van der Waals surface area contributed by atoms with Crippen LogP contribution in [0.5, 0.6) is 0 Å². The SMILES string of the molecule is CCCCC/C=C\C/C=C\CCCCCCCCNC(CC)C(=O)O.